The van der Waals surface area contributed by atoms with Gasteiger partial charge in [0.1, 0.15) is 0 Å². The van der Waals surface area contributed by atoms with Gasteiger partial charge in [0.25, 0.3) is 0 Å². The number of benzene rings is 1. The zero-order chi connectivity index (χ0) is 9.60. The molecule has 0 saturated heterocycles. The van der Waals surface area contributed by atoms with Crippen molar-refractivity contribution in [1.29, 1.82) is 0 Å². The van der Waals surface area contributed by atoms with E-state index in [0.717, 1.165) is 12.5 Å². The maximum absolute atomic E-state index is 5.36. The molecule has 1 nitrogen and oxygen atoms in total. The monoisotopic (exact) mass is 186 g/mol. The van der Waals surface area contributed by atoms with Crippen molar-refractivity contribution in [3.8, 4) is 0 Å². The molecule has 0 spiro atoms. The number of fused-ring (bicyclic) bond motifs is 1. The van der Waals surface area contributed by atoms with Gasteiger partial charge >= 0.3 is 0 Å². The Labute approximate surface area is 84.4 Å². The molecule has 0 amide bonds. The van der Waals surface area contributed by atoms with Gasteiger partial charge in [0, 0.05) is 11.3 Å². The van der Waals surface area contributed by atoms with Crippen molar-refractivity contribution in [3.05, 3.63) is 48.2 Å². The van der Waals surface area contributed by atoms with Crippen LogP contribution in [-0.2, 0) is 10.2 Å². The highest BCUT2D eigenvalue weighted by molar-refractivity contribution is 5.42. The predicted molar refractivity (Wildman–Crippen MR) is 55.9 cm³/mol. The SMILES string of the molecule is C[C@H]1[C@H]2COC=C[C@]21c1ccccc1. The summed E-state index contributed by atoms with van der Waals surface area (Å²) in [6.07, 6.45) is 4.11. The van der Waals surface area contributed by atoms with Crippen molar-refractivity contribution in [2.75, 3.05) is 6.61 Å². The molecular formula is C13H14O. The van der Waals surface area contributed by atoms with Gasteiger partial charge in [-0.3, -0.25) is 0 Å². The Bertz CT molecular complexity index is 368. The first-order chi connectivity index (χ1) is 6.86. The molecule has 1 aromatic rings. The lowest BCUT2D eigenvalue weighted by atomic mass is 9.91. The maximum Gasteiger partial charge on any atom is 0.0915 e. The van der Waals surface area contributed by atoms with E-state index in [1.807, 2.05) is 6.26 Å². The fourth-order valence-corrected chi connectivity index (χ4v) is 2.86. The molecule has 3 rings (SSSR count). The summed E-state index contributed by atoms with van der Waals surface area (Å²) in [5.74, 6) is 1.42. The summed E-state index contributed by atoms with van der Waals surface area (Å²) < 4.78 is 5.36. The summed E-state index contributed by atoms with van der Waals surface area (Å²) in [5, 5.41) is 0. The highest BCUT2D eigenvalue weighted by Gasteiger charge is 2.62. The Hall–Kier alpha value is -1.24. The molecule has 1 aliphatic heterocycles. The summed E-state index contributed by atoms with van der Waals surface area (Å²) in [6, 6.07) is 10.8. The number of allylic oxidation sites excluding steroid dienone is 1. The highest BCUT2D eigenvalue weighted by Crippen LogP contribution is 2.62. The van der Waals surface area contributed by atoms with Crippen LogP contribution in [-0.4, -0.2) is 6.61 Å². The Kier molecular flexibility index (Phi) is 1.52. The molecule has 0 aromatic heterocycles. The van der Waals surface area contributed by atoms with E-state index in [9.17, 15) is 0 Å². The molecule has 1 heteroatoms. The van der Waals surface area contributed by atoms with Crippen molar-refractivity contribution in [2.45, 2.75) is 12.3 Å². The second-order valence-electron chi connectivity index (χ2n) is 4.33. The molecule has 1 aliphatic carbocycles. The standard InChI is InChI=1S/C13H14O/c1-10-12-9-14-8-7-13(10,12)11-5-3-2-4-6-11/h2-8,10,12H,9H2,1H3/t10-,12+,13-/m0/s1. The van der Waals surface area contributed by atoms with Gasteiger partial charge in [0.15, 0.2) is 0 Å². The molecular weight excluding hydrogens is 172 g/mol. The van der Waals surface area contributed by atoms with Gasteiger partial charge in [0.05, 0.1) is 12.9 Å². The summed E-state index contributed by atoms with van der Waals surface area (Å²) in [7, 11) is 0. The minimum atomic E-state index is 0.291. The molecule has 0 bridgehead atoms. The average molecular weight is 186 g/mol. The third-order valence-corrected chi connectivity index (χ3v) is 3.85. The van der Waals surface area contributed by atoms with Crippen LogP contribution >= 0.6 is 0 Å². The third-order valence-electron chi connectivity index (χ3n) is 3.85. The number of hydrogen-bond donors (Lipinski definition) is 0. The van der Waals surface area contributed by atoms with Crippen LogP contribution < -0.4 is 0 Å². The molecule has 72 valence electrons. The second kappa shape index (κ2) is 2.63. The van der Waals surface area contributed by atoms with E-state index in [4.69, 9.17) is 4.74 Å². The normalized spacial score (nSPS) is 38.6. The Morgan fingerprint density at radius 1 is 1.29 bits per heavy atom. The van der Waals surface area contributed by atoms with Gasteiger partial charge in [-0.2, -0.15) is 0 Å². The quantitative estimate of drug-likeness (QED) is 0.655. The van der Waals surface area contributed by atoms with E-state index in [-0.39, 0.29) is 0 Å². The van der Waals surface area contributed by atoms with Gasteiger partial charge in [-0.05, 0) is 17.6 Å². The number of ether oxygens (including phenoxy) is 1. The molecule has 1 aromatic carbocycles. The zero-order valence-electron chi connectivity index (χ0n) is 8.31. The van der Waals surface area contributed by atoms with E-state index >= 15 is 0 Å². The summed E-state index contributed by atoms with van der Waals surface area (Å²) in [6.45, 7) is 3.20. The van der Waals surface area contributed by atoms with Crippen molar-refractivity contribution < 1.29 is 4.74 Å². The highest BCUT2D eigenvalue weighted by atomic mass is 16.5. The van der Waals surface area contributed by atoms with Gasteiger partial charge in [-0.25, -0.2) is 0 Å². The van der Waals surface area contributed by atoms with Crippen LogP contribution in [0.25, 0.3) is 0 Å². The Morgan fingerprint density at radius 3 is 2.79 bits per heavy atom. The first-order valence-electron chi connectivity index (χ1n) is 5.20. The van der Waals surface area contributed by atoms with Gasteiger partial charge < -0.3 is 4.74 Å². The van der Waals surface area contributed by atoms with Crippen molar-refractivity contribution in [1.82, 2.24) is 0 Å². The second-order valence-corrected chi connectivity index (χ2v) is 4.33. The first-order valence-corrected chi connectivity index (χ1v) is 5.20. The fraction of sp³-hybridized carbons (Fsp3) is 0.385. The van der Waals surface area contributed by atoms with E-state index in [0.29, 0.717) is 11.3 Å². The molecule has 0 radical (unpaired) electrons. The smallest absolute Gasteiger partial charge is 0.0915 e. The zero-order valence-corrected chi connectivity index (χ0v) is 8.31. The Balaban J connectivity index is 2.06. The number of rotatable bonds is 1. The van der Waals surface area contributed by atoms with E-state index < -0.39 is 0 Å². The topological polar surface area (TPSA) is 9.23 Å². The first kappa shape index (κ1) is 8.10. The van der Waals surface area contributed by atoms with E-state index in [1.165, 1.54) is 5.56 Å². The van der Waals surface area contributed by atoms with Crippen LogP contribution in [0, 0.1) is 11.8 Å². The largest absolute Gasteiger partial charge is 0.501 e. The number of hydrogen-bond acceptors (Lipinski definition) is 1. The van der Waals surface area contributed by atoms with Crippen molar-refractivity contribution >= 4 is 0 Å². The minimum absolute atomic E-state index is 0.291. The Morgan fingerprint density at radius 2 is 2.07 bits per heavy atom. The van der Waals surface area contributed by atoms with Crippen LogP contribution in [0.15, 0.2) is 42.7 Å². The summed E-state index contributed by atoms with van der Waals surface area (Å²) >= 11 is 0. The average Bonchev–Trinajstić information content (AvgIpc) is 2.88. The lowest BCUT2D eigenvalue weighted by molar-refractivity contribution is 0.211. The van der Waals surface area contributed by atoms with Crippen LogP contribution in [0.3, 0.4) is 0 Å². The van der Waals surface area contributed by atoms with Crippen LogP contribution in [0.1, 0.15) is 12.5 Å². The fourth-order valence-electron chi connectivity index (χ4n) is 2.86. The molecule has 1 heterocycles. The van der Waals surface area contributed by atoms with Crippen LogP contribution in [0.5, 0.6) is 0 Å². The molecule has 0 unspecified atom stereocenters. The lowest BCUT2D eigenvalue weighted by Crippen LogP contribution is -2.13. The van der Waals surface area contributed by atoms with Crippen LogP contribution in [0.2, 0.25) is 0 Å². The maximum atomic E-state index is 5.36. The molecule has 0 N–H and O–H groups in total. The summed E-state index contributed by atoms with van der Waals surface area (Å²) in [5.41, 5.74) is 1.73. The molecule has 1 saturated carbocycles. The van der Waals surface area contributed by atoms with Crippen molar-refractivity contribution in [2.24, 2.45) is 11.8 Å². The summed E-state index contributed by atoms with van der Waals surface area (Å²) in [4.78, 5) is 0. The van der Waals surface area contributed by atoms with Crippen molar-refractivity contribution in [3.63, 3.8) is 0 Å². The minimum Gasteiger partial charge on any atom is -0.501 e. The lowest BCUT2D eigenvalue weighted by Gasteiger charge is -2.17. The van der Waals surface area contributed by atoms with E-state index in [2.05, 4.69) is 43.3 Å². The van der Waals surface area contributed by atoms with E-state index in [1.54, 1.807) is 0 Å². The predicted octanol–water partition coefficient (Wildman–Crippen LogP) is 2.73. The third kappa shape index (κ3) is 0.848. The molecule has 3 atom stereocenters. The van der Waals surface area contributed by atoms with Gasteiger partial charge in [-0.1, -0.05) is 37.3 Å². The van der Waals surface area contributed by atoms with Gasteiger partial charge in [0.2, 0.25) is 0 Å². The molecule has 2 aliphatic rings. The van der Waals surface area contributed by atoms with Crippen LogP contribution in [0.4, 0.5) is 0 Å². The van der Waals surface area contributed by atoms with Gasteiger partial charge in [-0.15, -0.1) is 0 Å². The molecule has 1 fully saturated rings. The molecule has 14 heavy (non-hydrogen) atoms.